The van der Waals surface area contributed by atoms with Crippen molar-refractivity contribution < 1.29 is 4.79 Å². The molecule has 4 rings (SSSR count). The van der Waals surface area contributed by atoms with Crippen molar-refractivity contribution in [1.29, 1.82) is 0 Å². The predicted molar refractivity (Wildman–Crippen MR) is 119 cm³/mol. The molecule has 3 heterocycles. The van der Waals surface area contributed by atoms with Crippen LogP contribution in [-0.4, -0.2) is 51.8 Å². The second-order valence-electron chi connectivity index (χ2n) is 8.08. The molecule has 1 aromatic rings. The fourth-order valence-electron chi connectivity index (χ4n) is 4.41. The van der Waals surface area contributed by atoms with Crippen LogP contribution in [-0.2, 0) is 4.79 Å². The van der Waals surface area contributed by atoms with Crippen LogP contribution in [0.4, 0.5) is 0 Å². The molecule has 1 saturated heterocycles. The minimum atomic E-state index is 0.0762. The zero-order chi connectivity index (χ0) is 21.1. The molecule has 3 aliphatic rings. The third-order valence-electron chi connectivity index (χ3n) is 6.17. The van der Waals surface area contributed by atoms with Gasteiger partial charge in [-0.1, -0.05) is 37.1 Å². The van der Waals surface area contributed by atoms with Crippen LogP contribution in [0.3, 0.4) is 0 Å². The number of fused-ring (bicyclic) bond motifs is 3. The molecule has 0 aromatic heterocycles. The highest BCUT2D eigenvalue weighted by atomic mass is 35.5. The van der Waals surface area contributed by atoms with E-state index in [1.54, 1.807) is 0 Å². The van der Waals surface area contributed by atoms with Gasteiger partial charge in [-0.05, 0) is 37.5 Å². The summed E-state index contributed by atoms with van der Waals surface area (Å²) in [7, 11) is 0. The van der Waals surface area contributed by atoms with Gasteiger partial charge >= 0.3 is 0 Å². The van der Waals surface area contributed by atoms with Crippen molar-refractivity contribution in [3.8, 4) is 0 Å². The minimum Gasteiger partial charge on any atom is -0.343 e. The highest BCUT2D eigenvalue weighted by molar-refractivity contribution is 6.30. The molecule has 0 radical (unpaired) electrons. The van der Waals surface area contributed by atoms with Crippen LogP contribution in [0.1, 0.15) is 57.6 Å². The van der Waals surface area contributed by atoms with E-state index in [1.165, 1.54) is 5.56 Å². The number of unbranched alkanes of at least 4 members (excludes halogenated alkanes) is 1. The van der Waals surface area contributed by atoms with Crippen molar-refractivity contribution in [2.45, 2.75) is 64.2 Å². The Hall–Kier alpha value is -2.25. The second kappa shape index (κ2) is 9.27. The molecule has 2 N–H and O–H groups in total. The number of hydrazine groups is 1. The van der Waals surface area contributed by atoms with Crippen LogP contribution in [0.25, 0.3) is 0 Å². The number of nitrogens with one attached hydrogen (secondary N) is 2. The molecular formula is C22H31ClN6O. The third kappa shape index (κ3) is 4.27. The summed E-state index contributed by atoms with van der Waals surface area (Å²) in [5, 5.41) is 7.49. The Labute approximate surface area is 183 Å². The van der Waals surface area contributed by atoms with E-state index < -0.39 is 0 Å². The van der Waals surface area contributed by atoms with Gasteiger partial charge in [0.25, 0.3) is 0 Å². The number of hydrogen-bond donors (Lipinski definition) is 2. The molecular weight excluding hydrogens is 400 g/mol. The van der Waals surface area contributed by atoms with Gasteiger partial charge in [0.1, 0.15) is 12.0 Å². The average Bonchev–Trinajstić information content (AvgIpc) is 3.37. The molecule has 3 atom stereocenters. The van der Waals surface area contributed by atoms with E-state index in [4.69, 9.17) is 11.6 Å². The molecule has 3 aliphatic heterocycles. The number of carbonyl (C=O) groups is 1. The van der Waals surface area contributed by atoms with Crippen molar-refractivity contribution in [1.82, 2.24) is 25.7 Å². The Bertz CT molecular complexity index is 810. The smallest absolute Gasteiger partial charge is 0.223 e. The normalized spacial score (nSPS) is 24.4. The van der Waals surface area contributed by atoms with Crippen LogP contribution in [0.5, 0.6) is 0 Å². The second-order valence-corrected chi connectivity index (χ2v) is 8.51. The molecule has 0 aliphatic carbocycles. The van der Waals surface area contributed by atoms with E-state index in [2.05, 4.69) is 57.3 Å². The van der Waals surface area contributed by atoms with Gasteiger partial charge in [-0.25, -0.2) is 5.43 Å². The van der Waals surface area contributed by atoms with E-state index in [0.717, 1.165) is 43.2 Å². The number of benzene rings is 1. The molecule has 1 amide bonds. The monoisotopic (exact) mass is 430 g/mol. The minimum absolute atomic E-state index is 0.0762. The largest absolute Gasteiger partial charge is 0.343 e. The quantitative estimate of drug-likeness (QED) is 0.661. The van der Waals surface area contributed by atoms with Crippen LogP contribution in [0.15, 0.2) is 41.8 Å². The number of halogens is 1. The summed E-state index contributed by atoms with van der Waals surface area (Å²) < 4.78 is 0. The third-order valence-corrected chi connectivity index (χ3v) is 6.42. The van der Waals surface area contributed by atoms with Crippen molar-refractivity contribution in [2.24, 2.45) is 5.10 Å². The van der Waals surface area contributed by atoms with E-state index >= 15 is 0 Å². The lowest BCUT2D eigenvalue weighted by Crippen LogP contribution is -2.54. The Morgan fingerprint density at radius 1 is 1.27 bits per heavy atom. The van der Waals surface area contributed by atoms with Crippen molar-refractivity contribution in [3.63, 3.8) is 0 Å². The molecule has 1 aromatic carbocycles. The lowest BCUT2D eigenvalue weighted by Gasteiger charge is -2.37. The number of amidine groups is 1. The SMILES string of the molecule is CCCCN(CC)C(=O)CCC1=NNC2C3CC(c4ccc(Cl)cc4)NN3C=CN12. The highest BCUT2D eigenvalue weighted by Crippen LogP contribution is 2.34. The fourth-order valence-corrected chi connectivity index (χ4v) is 4.53. The molecule has 0 bridgehead atoms. The summed E-state index contributed by atoms with van der Waals surface area (Å²) in [5.74, 6) is 1.15. The average molecular weight is 431 g/mol. The first-order chi connectivity index (χ1) is 14.6. The van der Waals surface area contributed by atoms with Gasteiger partial charge in [-0.15, -0.1) is 0 Å². The first-order valence-corrected chi connectivity index (χ1v) is 11.3. The first kappa shape index (κ1) is 21.0. The summed E-state index contributed by atoms with van der Waals surface area (Å²) in [4.78, 5) is 16.7. The van der Waals surface area contributed by atoms with Gasteiger partial charge in [0.15, 0.2) is 0 Å². The molecule has 8 heteroatoms. The Kier molecular flexibility index (Phi) is 6.49. The van der Waals surface area contributed by atoms with E-state index in [9.17, 15) is 4.79 Å². The molecule has 0 spiro atoms. The standard InChI is InChI=1S/C22H31ClN6O/c1-3-5-12-27(4-2)21(30)11-10-20-24-25-22-19-15-18(16-6-8-17(23)9-7-16)26-29(19)14-13-28(20)22/h6-9,13-14,18-19,22,25-26H,3-5,10-12,15H2,1-2H3. The maximum Gasteiger partial charge on any atom is 0.223 e. The molecule has 162 valence electrons. The van der Waals surface area contributed by atoms with Crippen molar-refractivity contribution >= 4 is 23.3 Å². The zero-order valence-electron chi connectivity index (χ0n) is 17.7. The zero-order valence-corrected chi connectivity index (χ0v) is 18.5. The lowest BCUT2D eigenvalue weighted by molar-refractivity contribution is -0.130. The van der Waals surface area contributed by atoms with Gasteiger partial charge in [0.05, 0.1) is 12.1 Å². The van der Waals surface area contributed by atoms with Crippen molar-refractivity contribution in [2.75, 3.05) is 13.1 Å². The molecule has 1 fully saturated rings. The maximum absolute atomic E-state index is 12.6. The van der Waals surface area contributed by atoms with Gasteiger partial charge < -0.3 is 14.8 Å². The predicted octanol–water partition coefficient (Wildman–Crippen LogP) is 3.42. The molecule has 3 unspecified atom stereocenters. The Morgan fingerprint density at radius 3 is 2.80 bits per heavy atom. The van der Waals surface area contributed by atoms with Gasteiger partial charge in [0.2, 0.25) is 5.91 Å². The summed E-state index contributed by atoms with van der Waals surface area (Å²) in [5.41, 5.74) is 8.10. The highest BCUT2D eigenvalue weighted by Gasteiger charge is 2.44. The van der Waals surface area contributed by atoms with E-state index in [0.29, 0.717) is 12.8 Å². The summed E-state index contributed by atoms with van der Waals surface area (Å²) in [6.45, 7) is 5.81. The summed E-state index contributed by atoms with van der Waals surface area (Å²) in [6.07, 6.45) is 8.46. The van der Waals surface area contributed by atoms with Crippen molar-refractivity contribution in [3.05, 3.63) is 47.3 Å². The van der Waals surface area contributed by atoms with Crippen LogP contribution >= 0.6 is 11.6 Å². The van der Waals surface area contributed by atoms with E-state index in [1.807, 2.05) is 24.0 Å². The van der Waals surface area contributed by atoms with Crippen LogP contribution in [0.2, 0.25) is 5.02 Å². The van der Waals surface area contributed by atoms with Gasteiger partial charge in [-0.2, -0.15) is 5.10 Å². The number of amides is 1. The molecule has 0 saturated carbocycles. The van der Waals surface area contributed by atoms with Crippen LogP contribution in [0, 0.1) is 0 Å². The number of hydrazone groups is 1. The van der Waals surface area contributed by atoms with Crippen LogP contribution < -0.4 is 10.9 Å². The maximum atomic E-state index is 12.6. The van der Waals surface area contributed by atoms with Gasteiger partial charge in [-0.3, -0.25) is 10.2 Å². The summed E-state index contributed by atoms with van der Waals surface area (Å²) >= 11 is 6.03. The number of hydrogen-bond acceptors (Lipinski definition) is 6. The fraction of sp³-hybridized carbons (Fsp3) is 0.545. The number of carbonyl (C=O) groups excluding carboxylic acids is 1. The topological polar surface area (TPSA) is 63.2 Å². The number of nitrogens with zero attached hydrogens (tertiary/aromatic N) is 4. The number of rotatable bonds is 8. The Morgan fingerprint density at radius 2 is 2.07 bits per heavy atom. The summed E-state index contributed by atoms with van der Waals surface area (Å²) in [6, 6.07) is 8.51. The van der Waals surface area contributed by atoms with Gasteiger partial charge in [0, 0.05) is 43.4 Å². The first-order valence-electron chi connectivity index (χ1n) is 11.0. The lowest BCUT2D eigenvalue weighted by atomic mass is 9.99. The Balaban J connectivity index is 1.34. The molecule has 7 nitrogen and oxygen atoms in total. The molecule has 30 heavy (non-hydrogen) atoms. The van der Waals surface area contributed by atoms with E-state index in [-0.39, 0.29) is 24.2 Å².